The molecule has 6 heteroatoms. The molecule has 0 bridgehead atoms. The molecule has 128 valence electrons. The van der Waals surface area contributed by atoms with E-state index in [0.717, 1.165) is 11.4 Å². The predicted molar refractivity (Wildman–Crippen MR) is 88.8 cm³/mol. The molecule has 1 fully saturated rings. The summed E-state index contributed by atoms with van der Waals surface area (Å²) in [6.45, 7) is -0.487. The van der Waals surface area contributed by atoms with E-state index in [9.17, 15) is 20.4 Å². The van der Waals surface area contributed by atoms with E-state index in [1.807, 2.05) is 60.7 Å². The summed E-state index contributed by atoms with van der Waals surface area (Å²) in [5, 5.41) is 40.4. The first-order valence-corrected chi connectivity index (χ1v) is 7.83. The highest BCUT2D eigenvalue weighted by molar-refractivity contribution is 5.64. The maximum atomic E-state index is 10.6. The SMILES string of the molecule is OC[C@H]1OC(O)[C@H](N(c2ccccc2)c2ccccc2)[C@@H](O)[C@@H]1O. The summed E-state index contributed by atoms with van der Waals surface area (Å²) in [5.41, 5.74) is 1.48. The highest BCUT2D eigenvalue weighted by atomic mass is 16.6. The summed E-state index contributed by atoms with van der Waals surface area (Å²) in [7, 11) is 0. The summed E-state index contributed by atoms with van der Waals surface area (Å²) in [6.07, 6.45) is -5.01. The van der Waals surface area contributed by atoms with Gasteiger partial charge in [-0.3, -0.25) is 0 Å². The van der Waals surface area contributed by atoms with Crippen LogP contribution in [0.4, 0.5) is 11.4 Å². The van der Waals surface area contributed by atoms with Gasteiger partial charge in [0.05, 0.1) is 6.61 Å². The van der Waals surface area contributed by atoms with Gasteiger partial charge in [-0.15, -0.1) is 0 Å². The third-order valence-corrected chi connectivity index (χ3v) is 4.23. The second kappa shape index (κ2) is 7.29. The number of hydrogen-bond acceptors (Lipinski definition) is 6. The molecule has 2 aromatic carbocycles. The zero-order chi connectivity index (χ0) is 17.1. The first kappa shape index (κ1) is 16.9. The second-order valence-corrected chi connectivity index (χ2v) is 5.76. The van der Waals surface area contributed by atoms with Crippen molar-refractivity contribution in [1.29, 1.82) is 0 Å². The van der Waals surface area contributed by atoms with Gasteiger partial charge in [0.15, 0.2) is 6.29 Å². The van der Waals surface area contributed by atoms with Gasteiger partial charge in [0, 0.05) is 11.4 Å². The molecule has 1 aliphatic heterocycles. The summed E-state index contributed by atoms with van der Waals surface area (Å²) in [5.74, 6) is 0. The first-order valence-electron chi connectivity index (χ1n) is 7.83. The van der Waals surface area contributed by atoms with Crippen LogP contribution in [-0.4, -0.2) is 57.7 Å². The van der Waals surface area contributed by atoms with Crippen LogP contribution in [-0.2, 0) is 4.74 Å². The Balaban J connectivity index is 2.02. The normalized spacial score (nSPS) is 30.1. The van der Waals surface area contributed by atoms with Crippen molar-refractivity contribution in [1.82, 2.24) is 0 Å². The lowest BCUT2D eigenvalue weighted by Crippen LogP contribution is -2.63. The van der Waals surface area contributed by atoms with Gasteiger partial charge in [0.1, 0.15) is 24.4 Å². The molecular formula is C18H21NO5. The number of aliphatic hydroxyl groups is 4. The number of rotatable bonds is 4. The number of anilines is 2. The second-order valence-electron chi connectivity index (χ2n) is 5.76. The van der Waals surface area contributed by atoms with Crippen LogP contribution in [0.25, 0.3) is 0 Å². The van der Waals surface area contributed by atoms with Crippen molar-refractivity contribution in [2.45, 2.75) is 30.6 Å². The van der Waals surface area contributed by atoms with Gasteiger partial charge < -0.3 is 30.1 Å². The van der Waals surface area contributed by atoms with Crippen molar-refractivity contribution < 1.29 is 25.2 Å². The lowest BCUT2D eigenvalue weighted by Gasteiger charge is -2.46. The molecule has 0 amide bonds. The fraction of sp³-hybridized carbons (Fsp3) is 0.333. The molecule has 1 unspecified atom stereocenters. The molecule has 0 saturated carbocycles. The van der Waals surface area contributed by atoms with Gasteiger partial charge in [-0.1, -0.05) is 36.4 Å². The molecule has 4 N–H and O–H groups in total. The monoisotopic (exact) mass is 331 g/mol. The molecule has 2 aromatic rings. The van der Waals surface area contributed by atoms with E-state index >= 15 is 0 Å². The van der Waals surface area contributed by atoms with Crippen molar-refractivity contribution in [2.75, 3.05) is 11.5 Å². The number of para-hydroxylation sites is 2. The van der Waals surface area contributed by atoms with E-state index in [0.29, 0.717) is 0 Å². The van der Waals surface area contributed by atoms with Gasteiger partial charge in [-0.05, 0) is 24.3 Å². The Morgan fingerprint density at radius 3 is 1.75 bits per heavy atom. The fourth-order valence-corrected chi connectivity index (χ4v) is 3.03. The average molecular weight is 331 g/mol. The zero-order valence-electron chi connectivity index (χ0n) is 13.0. The van der Waals surface area contributed by atoms with Crippen LogP contribution < -0.4 is 4.90 Å². The number of aliphatic hydroxyl groups excluding tert-OH is 4. The molecule has 0 aromatic heterocycles. The van der Waals surface area contributed by atoms with Crippen LogP contribution >= 0.6 is 0 Å². The minimum Gasteiger partial charge on any atom is -0.394 e. The molecule has 0 aliphatic carbocycles. The number of hydrogen-bond donors (Lipinski definition) is 4. The van der Waals surface area contributed by atoms with Crippen molar-refractivity contribution >= 4 is 11.4 Å². The molecule has 3 rings (SSSR count). The Labute approximate surface area is 140 Å². The van der Waals surface area contributed by atoms with Crippen molar-refractivity contribution in [3.05, 3.63) is 60.7 Å². The molecule has 1 heterocycles. The van der Waals surface area contributed by atoms with Gasteiger partial charge >= 0.3 is 0 Å². The Bertz CT molecular complexity index is 599. The van der Waals surface area contributed by atoms with Gasteiger partial charge in [-0.25, -0.2) is 0 Å². The van der Waals surface area contributed by atoms with E-state index in [2.05, 4.69) is 0 Å². The summed E-state index contributed by atoms with van der Waals surface area (Å²) in [4.78, 5) is 1.73. The quantitative estimate of drug-likeness (QED) is 0.656. The third kappa shape index (κ3) is 3.15. The molecule has 6 nitrogen and oxygen atoms in total. The van der Waals surface area contributed by atoms with Crippen molar-refractivity contribution in [3.63, 3.8) is 0 Å². The zero-order valence-corrected chi connectivity index (χ0v) is 13.0. The van der Waals surface area contributed by atoms with Crippen LogP contribution in [0.3, 0.4) is 0 Å². The largest absolute Gasteiger partial charge is 0.394 e. The molecule has 1 aliphatic rings. The third-order valence-electron chi connectivity index (χ3n) is 4.23. The smallest absolute Gasteiger partial charge is 0.178 e. The van der Waals surface area contributed by atoms with Crippen LogP contribution in [0, 0.1) is 0 Å². The number of benzene rings is 2. The highest BCUT2D eigenvalue weighted by Gasteiger charge is 2.46. The Morgan fingerprint density at radius 1 is 0.792 bits per heavy atom. The average Bonchev–Trinajstić information content (AvgIpc) is 2.63. The summed E-state index contributed by atoms with van der Waals surface area (Å²) >= 11 is 0. The number of ether oxygens (including phenoxy) is 1. The molecule has 1 saturated heterocycles. The van der Waals surface area contributed by atoms with Gasteiger partial charge in [-0.2, -0.15) is 0 Å². The van der Waals surface area contributed by atoms with E-state index < -0.39 is 37.3 Å². The minimum atomic E-state index is -1.37. The van der Waals surface area contributed by atoms with E-state index in [4.69, 9.17) is 4.74 Å². The van der Waals surface area contributed by atoms with Gasteiger partial charge in [0.25, 0.3) is 0 Å². The van der Waals surface area contributed by atoms with E-state index in [-0.39, 0.29) is 0 Å². The first-order chi connectivity index (χ1) is 11.6. The van der Waals surface area contributed by atoms with Crippen LogP contribution in [0.1, 0.15) is 0 Å². The van der Waals surface area contributed by atoms with Gasteiger partial charge in [0.2, 0.25) is 0 Å². The maximum Gasteiger partial charge on any atom is 0.178 e. The van der Waals surface area contributed by atoms with E-state index in [1.54, 1.807) is 4.90 Å². The predicted octanol–water partition coefficient (Wildman–Crippen LogP) is 0.625. The minimum absolute atomic E-state index is 0.487. The Hall–Kier alpha value is -1.96. The van der Waals surface area contributed by atoms with Crippen LogP contribution in [0.5, 0.6) is 0 Å². The topological polar surface area (TPSA) is 93.4 Å². The number of nitrogens with zero attached hydrogens (tertiary/aromatic N) is 1. The molecule has 0 spiro atoms. The Morgan fingerprint density at radius 2 is 1.29 bits per heavy atom. The maximum absolute atomic E-state index is 10.6. The Kier molecular flexibility index (Phi) is 5.13. The summed E-state index contributed by atoms with van der Waals surface area (Å²) < 4.78 is 5.31. The standard InChI is InChI=1S/C18H21NO5/c20-11-14-16(21)17(22)15(18(23)24-14)19(12-7-3-1-4-8-12)13-9-5-2-6-10-13/h1-10,14-18,20-23H,11H2/t14-,15-,16-,17-,18?/m1/s1. The van der Waals surface area contributed by atoms with Crippen molar-refractivity contribution in [3.8, 4) is 0 Å². The molecular weight excluding hydrogens is 310 g/mol. The van der Waals surface area contributed by atoms with Crippen molar-refractivity contribution in [2.24, 2.45) is 0 Å². The molecule has 24 heavy (non-hydrogen) atoms. The van der Waals surface area contributed by atoms with Crippen LogP contribution in [0.15, 0.2) is 60.7 Å². The van der Waals surface area contributed by atoms with Crippen LogP contribution in [0.2, 0.25) is 0 Å². The lowest BCUT2D eigenvalue weighted by atomic mass is 9.94. The van der Waals surface area contributed by atoms with E-state index in [1.165, 1.54) is 0 Å². The molecule has 5 atom stereocenters. The highest BCUT2D eigenvalue weighted by Crippen LogP contribution is 2.34. The summed E-state index contributed by atoms with van der Waals surface area (Å²) in [6, 6.07) is 17.6. The fourth-order valence-electron chi connectivity index (χ4n) is 3.03. The molecule has 0 radical (unpaired) electrons. The lowest BCUT2D eigenvalue weighted by molar-refractivity contribution is -0.248.